The van der Waals surface area contributed by atoms with Crippen molar-refractivity contribution in [2.75, 3.05) is 0 Å². The number of primary amides is 1. The summed E-state index contributed by atoms with van der Waals surface area (Å²) in [6, 6.07) is 0.842. The molecule has 0 aliphatic carbocycles. The van der Waals surface area contributed by atoms with Gasteiger partial charge in [0.2, 0.25) is 5.89 Å². The fourth-order valence-corrected chi connectivity index (χ4v) is 1.73. The lowest BCUT2D eigenvalue weighted by Gasteiger charge is -2.04. The zero-order valence-corrected chi connectivity index (χ0v) is 11.8. The van der Waals surface area contributed by atoms with Crippen LogP contribution < -0.4 is 11.3 Å². The lowest BCUT2D eigenvalue weighted by molar-refractivity contribution is -0.385. The minimum atomic E-state index is -1.05. The monoisotopic (exact) mass is 307 g/mol. The van der Waals surface area contributed by atoms with Crippen molar-refractivity contribution in [1.29, 1.82) is 0 Å². The maximum atomic E-state index is 12.1. The molecule has 2 heterocycles. The van der Waals surface area contributed by atoms with Gasteiger partial charge in [0.1, 0.15) is 12.1 Å². The van der Waals surface area contributed by atoms with Gasteiger partial charge in [0.25, 0.3) is 17.2 Å². The van der Waals surface area contributed by atoms with Crippen molar-refractivity contribution in [1.82, 2.24) is 14.7 Å². The first kappa shape index (κ1) is 15.4. The zero-order chi connectivity index (χ0) is 16.4. The summed E-state index contributed by atoms with van der Waals surface area (Å²) in [6.07, 6.45) is 0.994. The van der Waals surface area contributed by atoms with Crippen molar-refractivity contribution in [2.45, 2.75) is 26.3 Å². The van der Waals surface area contributed by atoms with Crippen LogP contribution in [0.5, 0.6) is 0 Å². The predicted molar refractivity (Wildman–Crippen MR) is 73.4 cm³/mol. The number of pyridine rings is 1. The Bertz CT molecular complexity index is 791. The van der Waals surface area contributed by atoms with E-state index >= 15 is 0 Å². The highest BCUT2D eigenvalue weighted by atomic mass is 16.6. The van der Waals surface area contributed by atoms with E-state index in [0.29, 0.717) is 5.82 Å². The molecule has 116 valence electrons. The number of carbonyl (C=O) groups excluding carboxylic acids is 1. The number of hydrogen-bond donors (Lipinski definition) is 1. The first-order valence-electron chi connectivity index (χ1n) is 6.30. The van der Waals surface area contributed by atoms with E-state index in [1.807, 2.05) is 13.8 Å². The first-order chi connectivity index (χ1) is 10.3. The Labute approximate surface area is 123 Å². The Morgan fingerprint density at radius 2 is 2.23 bits per heavy atom. The summed E-state index contributed by atoms with van der Waals surface area (Å²) in [7, 11) is 0. The second kappa shape index (κ2) is 5.76. The van der Waals surface area contributed by atoms with Crippen molar-refractivity contribution in [3.63, 3.8) is 0 Å². The third kappa shape index (κ3) is 3.00. The Hall–Kier alpha value is -3.04. The number of nitrogens with two attached hydrogens (primary N) is 1. The van der Waals surface area contributed by atoms with Crippen LogP contribution in [0.1, 0.15) is 41.8 Å². The van der Waals surface area contributed by atoms with Crippen molar-refractivity contribution in [3.8, 4) is 0 Å². The summed E-state index contributed by atoms with van der Waals surface area (Å²) in [5.74, 6) is -0.471. The van der Waals surface area contributed by atoms with Crippen LogP contribution in [0.15, 0.2) is 21.6 Å². The molecule has 2 aromatic heterocycles. The quantitative estimate of drug-likeness (QED) is 0.621. The summed E-state index contributed by atoms with van der Waals surface area (Å²) in [5.41, 5.74) is 3.39. The summed E-state index contributed by atoms with van der Waals surface area (Å²) < 4.78 is 5.92. The van der Waals surface area contributed by atoms with Crippen molar-refractivity contribution >= 4 is 11.6 Å². The van der Waals surface area contributed by atoms with Gasteiger partial charge in [-0.05, 0) is 0 Å². The molecule has 10 nitrogen and oxygen atoms in total. The molecular weight excluding hydrogens is 294 g/mol. The number of nitro groups is 1. The Morgan fingerprint density at radius 1 is 1.55 bits per heavy atom. The normalized spacial score (nSPS) is 10.9. The van der Waals surface area contributed by atoms with Crippen LogP contribution in [-0.2, 0) is 6.54 Å². The van der Waals surface area contributed by atoms with E-state index in [9.17, 15) is 19.7 Å². The number of nitrogens with zero attached hydrogens (tertiary/aromatic N) is 4. The number of amides is 1. The van der Waals surface area contributed by atoms with Crippen molar-refractivity contribution in [3.05, 3.63) is 50.0 Å². The minimum Gasteiger partial charge on any atom is -0.365 e. The van der Waals surface area contributed by atoms with E-state index in [2.05, 4.69) is 10.1 Å². The topological polar surface area (TPSA) is 147 Å². The Morgan fingerprint density at radius 3 is 2.73 bits per heavy atom. The van der Waals surface area contributed by atoms with Crippen LogP contribution in [0.25, 0.3) is 0 Å². The summed E-state index contributed by atoms with van der Waals surface area (Å²) in [6.45, 7) is 3.53. The van der Waals surface area contributed by atoms with E-state index in [1.165, 1.54) is 0 Å². The average molecular weight is 307 g/mol. The second-order valence-corrected chi connectivity index (χ2v) is 4.87. The van der Waals surface area contributed by atoms with Crippen molar-refractivity contribution in [2.24, 2.45) is 5.73 Å². The van der Waals surface area contributed by atoms with Crippen LogP contribution >= 0.6 is 0 Å². The molecule has 0 aliphatic rings. The largest absolute Gasteiger partial charge is 0.365 e. The molecule has 22 heavy (non-hydrogen) atoms. The van der Waals surface area contributed by atoms with E-state index in [-0.39, 0.29) is 18.4 Å². The summed E-state index contributed by atoms with van der Waals surface area (Å²) in [4.78, 5) is 37.5. The van der Waals surface area contributed by atoms with Gasteiger partial charge in [0, 0.05) is 12.0 Å². The molecule has 10 heteroatoms. The van der Waals surface area contributed by atoms with Crippen LogP contribution in [0.4, 0.5) is 5.69 Å². The molecule has 0 saturated carbocycles. The number of hydrogen-bond acceptors (Lipinski definition) is 7. The fourth-order valence-electron chi connectivity index (χ4n) is 1.73. The maximum absolute atomic E-state index is 12.1. The predicted octanol–water partition coefficient (Wildman–Crippen LogP) is 0.410. The van der Waals surface area contributed by atoms with E-state index in [1.54, 1.807) is 0 Å². The molecule has 1 amide bonds. The molecule has 0 spiro atoms. The molecule has 0 saturated heterocycles. The summed E-state index contributed by atoms with van der Waals surface area (Å²) in [5, 5.41) is 14.6. The van der Waals surface area contributed by atoms with Crippen LogP contribution in [0, 0.1) is 10.1 Å². The van der Waals surface area contributed by atoms with Gasteiger partial charge in [-0.15, -0.1) is 0 Å². The van der Waals surface area contributed by atoms with Gasteiger partial charge < -0.3 is 10.3 Å². The lowest BCUT2D eigenvalue weighted by atomic mass is 10.2. The standard InChI is InChI=1S/C12H13N5O5/c1-6(2)11-14-9(22-15-11)5-16-4-7(17(20)21)3-8(10(13)18)12(16)19/h3-4,6H,5H2,1-2H3,(H2,13,18). The van der Waals surface area contributed by atoms with Gasteiger partial charge in [-0.25, -0.2) is 0 Å². The molecule has 0 fully saturated rings. The highest BCUT2D eigenvalue weighted by Crippen LogP contribution is 2.13. The number of aromatic nitrogens is 3. The molecule has 0 unspecified atom stereocenters. The van der Waals surface area contributed by atoms with E-state index < -0.39 is 27.6 Å². The smallest absolute Gasteiger partial charge is 0.286 e. The average Bonchev–Trinajstić information content (AvgIpc) is 2.89. The third-order valence-corrected chi connectivity index (χ3v) is 2.85. The highest BCUT2D eigenvalue weighted by molar-refractivity contribution is 5.92. The van der Waals surface area contributed by atoms with Gasteiger partial charge >= 0.3 is 0 Å². The van der Waals surface area contributed by atoms with Gasteiger partial charge in [0.05, 0.1) is 11.1 Å². The lowest BCUT2D eigenvalue weighted by Crippen LogP contribution is -2.30. The third-order valence-electron chi connectivity index (χ3n) is 2.85. The van der Waals surface area contributed by atoms with Gasteiger partial charge in [-0.2, -0.15) is 4.98 Å². The molecule has 0 atom stereocenters. The highest BCUT2D eigenvalue weighted by Gasteiger charge is 2.19. The first-order valence-corrected chi connectivity index (χ1v) is 6.30. The SMILES string of the molecule is CC(C)c1noc(Cn2cc([N+](=O)[O-])cc(C(N)=O)c2=O)n1. The molecule has 2 N–H and O–H groups in total. The van der Waals surface area contributed by atoms with Crippen molar-refractivity contribution < 1.29 is 14.2 Å². The van der Waals surface area contributed by atoms with Crippen LogP contribution in [0.2, 0.25) is 0 Å². The molecule has 2 rings (SSSR count). The Kier molecular flexibility index (Phi) is 4.02. The maximum Gasteiger partial charge on any atom is 0.286 e. The second-order valence-electron chi connectivity index (χ2n) is 4.87. The van der Waals surface area contributed by atoms with Crippen LogP contribution in [0.3, 0.4) is 0 Å². The van der Waals surface area contributed by atoms with Gasteiger partial charge in [-0.1, -0.05) is 19.0 Å². The van der Waals surface area contributed by atoms with Gasteiger partial charge in [-0.3, -0.25) is 24.3 Å². The Balaban J connectivity index is 2.47. The summed E-state index contributed by atoms with van der Waals surface area (Å²) >= 11 is 0. The van der Waals surface area contributed by atoms with E-state index in [4.69, 9.17) is 10.3 Å². The van der Waals surface area contributed by atoms with E-state index in [0.717, 1.165) is 16.8 Å². The van der Waals surface area contributed by atoms with Gasteiger partial charge in [0.15, 0.2) is 5.82 Å². The zero-order valence-electron chi connectivity index (χ0n) is 11.8. The molecule has 0 aliphatic heterocycles. The molecule has 0 bridgehead atoms. The molecular formula is C12H13N5O5. The number of carbonyl (C=O) groups is 1. The molecule has 0 aromatic carbocycles. The molecule has 2 aromatic rings. The fraction of sp³-hybridized carbons (Fsp3) is 0.333. The molecule has 0 radical (unpaired) electrons. The minimum absolute atomic E-state index is 0.0283. The van der Waals surface area contributed by atoms with Crippen LogP contribution in [-0.4, -0.2) is 25.5 Å². The number of rotatable bonds is 5.